The molecule has 2 atom stereocenters. The van der Waals surface area contributed by atoms with Crippen LogP contribution in [0.1, 0.15) is 26.7 Å². The van der Waals surface area contributed by atoms with Gasteiger partial charge in [-0.15, -0.1) is 6.58 Å². The summed E-state index contributed by atoms with van der Waals surface area (Å²) < 4.78 is 5.74. The van der Waals surface area contributed by atoms with Gasteiger partial charge in [-0.05, 0) is 26.7 Å². The summed E-state index contributed by atoms with van der Waals surface area (Å²) in [6, 6.07) is 0. The average Bonchev–Trinajstić information content (AvgIpc) is 2.33. The van der Waals surface area contributed by atoms with E-state index in [1.807, 2.05) is 13.0 Å². The fraction of sp³-hybridized carbons (Fsp3) is 0.600. The summed E-state index contributed by atoms with van der Waals surface area (Å²) >= 11 is 0. The van der Waals surface area contributed by atoms with Crippen molar-refractivity contribution in [3.05, 3.63) is 24.8 Å². The molecule has 1 heterocycles. The Kier molecular flexibility index (Phi) is 2.19. The first-order chi connectivity index (χ1) is 5.07. The maximum absolute atomic E-state index is 5.74. The molecule has 0 spiro atoms. The molecule has 0 bridgehead atoms. The van der Waals surface area contributed by atoms with Crippen molar-refractivity contribution in [2.24, 2.45) is 0 Å². The normalized spacial score (nSPS) is 37.1. The van der Waals surface area contributed by atoms with Crippen LogP contribution in [0.3, 0.4) is 0 Å². The Morgan fingerprint density at radius 3 is 2.64 bits per heavy atom. The summed E-state index contributed by atoms with van der Waals surface area (Å²) in [6.45, 7) is 11.7. The van der Waals surface area contributed by atoms with Crippen molar-refractivity contribution < 1.29 is 4.74 Å². The van der Waals surface area contributed by atoms with E-state index < -0.39 is 0 Å². The quantitative estimate of drug-likeness (QED) is 0.553. The molecule has 0 amide bonds. The van der Waals surface area contributed by atoms with E-state index in [9.17, 15) is 0 Å². The molecule has 0 aromatic heterocycles. The summed E-state index contributed by atoms with van der Waals surface area (Å²) in [5.41, 5.74) is 1.01. The Bertz CT molecular complexity index is 183. The maximum atomic E-state index is 5.74. The Hall–Kier alpha value is -0.560. The maximum Gasteiger partial charge on any atom is 0.0841 e. The van der Waals surface area contributed by atoms with Gasteiger partial charge in [-0.1, -0.05) is 18.2 Å². The zero-order chi connectivity index (χ0) is 8.48. The van der Waals surface area contributed by atoms with Crippen LogP contribution in [0.25, 0.3) is 0 Å². The molecule has 0 aliphatic carbocycles. The highest BCUT2D eigenvalue weighted by Crippen LogP contribution is 2.33. The summed E-state index contributed by atoms with van der Waals surface area (Å²) in [7, 11) is 0. The van der Waals surface area contributed by atoms with E-state index in [2.05, 4.69) is 20.1 Å². The summed E-state index contributed by atoms with van der Waals surface area (Å²) in [5.74, 6) is 0. The van der Waals surface area contributed by atoms with Gasteiger partial charge in [0.25, 0.3) is 0 Å². The molecule has 0 aromatic rings. The lowest BCUT2D eigenvalue weighted by molar-refractivity contribution is 0.0224. The lowest BCUT2D eigenvalue weighted by Crippen LogP contribution is -2.21. The molecule has 1 aliphatic heterocycles. The third kappa shape index (κ3) is 1.72. The molecule has 0 aromatic carbocycles. The third-order valence-electron chi connectivity index (χ3n) is 2.30. The highest BCUT2D eigenvalue weighted by Gasteiger charge is 2.33. The van der Waals surface area contributed by atoms with Gasteiger partial charge in [0.1, 0.15) is 0 Å². The molecule has 0 radical (unpaired) electrons. The van der Waals surface area contributed by atoms with Crippen molar-refractivity contribution in [1.82, 2.24) is 0 Å². The van der Waals surface area contributed by atoms with Crippen molar-refractivity contribution in [2.45, 2.75) is 38.4 Å². The smallest absolute Gasteiger partial charge is 0.0841 e. The minimum Gasteiger partial charge on any atom is -0.364 e. The van der Waals surface area contributed by atoms with Crippen LogP contribution in [0.2, 0.25) is 0 Å². The van der Waals surface area contributed by atoms with Crippen LogP contribution < -0.4 is 0 Å². The Balaban J connectivity index is 2.59. The van der Waals surface area contributed by atoms with Crippen LogP contribution in [-0.4, -0.2) is 11.7 Å². The molecule has 1 heteroatoms. The van der Waals surface area contributed by atoms with Gasteiger partial charge < -0.3 is 4.74 Å². The van der Waals surface area contributed by atoms with Gasteiger partial charge in [-0.3, -0.25) is 0 Å². The van der Waals surface area contributed by atoms with Gasteiger partial charge in [0.05, 0.1) is 11.7 Å². The molecule has 1 saturated heterocycles. The first kappa shape index (κ1) is 8.54. The molecule has 0 saturated carbocycles. The van der Waals surface area contributed by atoms with Crippen LogP contribution >= 0.6 is 0 Å². The van der Waals surface area contributed by atoms with E-state index in [-0.39, 0.29) is 11.7 Å². The molecule has 1 aliphatic rings. The monoisotopic (exact) mass is 152 g/mol. The van der Waals surface area contributed by atoms with E-state index in [1.165, 1.54) is 0 Å². The van der Waals surface area contributed by atoms with Crippen LogP contribution in [-0.2, 0) is 4.74 Å². The fourth-order valence-electron chi connectivity index (χ4n) is 1.36. The van der Waals surface area contributed by atoms with Gasteiger partial charge in [0, 0.05) is 0 Å². The predicted molar refractivity (Wildman–Crippen MR) is 47.5 cm³/mol. The molecule has 1 fully saturated rings. The van der Waals surface area contributed by atoms with Crippen LogP contribution in [0.15, 0.2) is 24.8 Å². The first-order valence-corrected chi connectivity index (χ1v) is 4.04. The highest BCUT2D eigenvalue weighted by atomic mass is 16.5. The first-order valence-electron chi connectivity index (χ1n) is 4.04. The van der Waals surface area contributed by atoms with Gasteiger partial charge in [0.2, 0.25) is 0 Å². The molecule has 1 rings (SSSR count). The van der Waals surface area contributed by atoms with Crippen LogP contribution in [0.4, 0.5) is 0 Å². The number of rotatable bonds is 2. The molecule has 11 heavy (non-hydrogen) atoms. The Labute approximate surface area is 68.8 Å². The third-order valence-corrected chi connectivity index (χ3v) is 2.30. The minimum absolute atomic E-state index is 0.108. The summed E-state index contributed by atoms with van der Waals surface area (Å²) in [5, 5.41) is 0. The summed E-state index contributed by atoms with van der Waals surface area (Å²) in [4.78, 5) is 0. The second kappa shape index (κ2) is 2.82. The zero-order valence-corrected chi connectivity index (χ0v) is 7.39. The number of hydrogen-bond donors (Lipinski definition) is 0. The molecule has 0 N–H and O–H groups in total. The lowest BCUT2D eigenvalue weighted by atomic mass is 10.0. The zero-order valence-electron chi connectivity index (χ0n) is 7.39. The minimum atomic E-state index is -0.108. The Morgan fingerprint density at radius 1 is 1.73 bits per heavy atom. The van der Waals surface area contributed by atoms with Gasteiger partial charge in [0.15, 0.2) is 0 Å². The molecular weight excluding hydrogens is 136 g/mol. The second-order valence-corrected chi connectivity index (χ2v) is 3.51. The van der Waals surface area contributed by atoms with Gasteiger partial charge >= 0.3 is 0 Å². The number of ether oxygens (including phenoxy) is 1. The van der Waals surface area contributed by atoms with Crippen LogP contribution in [0.5, 0.6) is 0 Å². The fourth-order valence-corrected chi connectivity index (χ4v) is 1.36. The van der Waals surface area contributed by atoms with Crippen molar-refractivity contribution in [1.29, 1.82) is 0 Å². The molecule has 1 nitrogen and oxygen atoms in total. The highest BCUT2D eigenvalue weighted by molar-refractivity contribution is 5.07. The van der Waals surface area contributed by atoms with Gasteiger partial charge in [-0.2, -0.15) is 0 Å². The average molecular weight is 152 g/mol. The summed E-state index contributed by atoms with van der Waals surface area (Å²) in [6.07, 6.45) is 4.28. The predicted octanol–water partition coefficient (Wildman–Crippen LogP) is 2.69. The Morgan fingerprint density at radius 2 is 2.36 bits per heavy atom. The largest absolute Gasteiger partial charge is 0.364 e. The van der Waals surface area contributed by atoms with Crippen molar-refractivity contribution in [3.63, 3.8) is 0 Å². The van der Waals surface area contributed by atoms with E-state index in [0.717, 1.165) is 18.4 Å². The molecule has 62 valence electrons. The van der Waals surface area contributed by atoms with Crippen molar-refractivity contribution in [2.75, 3.05) is 0 Å². The van der Waals surface area contributed by atoms with Crippen molar-refractivity contribution in [3.8, 4) is 0 Å². The van der Waals surface area contributed by atoms with Gasteiger partial charge in [-0.25, -0.2) is 0 Å². The van der Waals surface area contributed by atoms with Crippen molar-refractivity contribution >= 4 is 0 Å². The van der Waals surface area contributed by atoms with E-state index in [0.29, 0.717) is 0 Å². The van der Waals surface area contributed by atoms with Crippen LogP contribution in [0, 0.1) is 0 Å². The second-order valence-electron chi connectivity index (χ2n) is 3.51. The lowest BCUT2D eigenvalue weighted by Gasteiger charge is -2.20. The standard InChI is InChI=1S/C10H16O/c1-5-10(4)7-6-9(11-10)8(2)3/h5,9H,1-2,6-7H2,3-4H3/t9-,10-/m1/s1. The number of hydrogen-bond acceptors (Lipinski definition) is 1. The topological polar surface area (TPSA) is 9.23 Å². The van der Waals surface area contributed by atoms with E-state index >= 15 is 0 Å². The molecule has 0 unspecified atom stereocenters. The SMILES string of the molecule is C=C[C@]1(C)CC[C@H](C(=C)C)O1. The van der Waals surface area contributed by atoms with E-state index in [1.54, 1.807) is 0 Å². The van der Waals surface area contributed by atoms with E-state index in [4.69, 9.17) is 4.74 Å². The molecular formula is C10H16O.